The van der Waals surface area contributed by atoms with Gasteiger partial charge in [-0.1, -0.05) is 36.4 Å². The van der Waals surface area contributed by atoms with Crippen molar-refractivity contribution in [3.63, 3.8) is 0 Å². The highest BCUT2D eigenvalue weighted by molar-refractivity contribution is 5.86. The van der Waals surface area contributed by atoms with Gasteiger partial charge in [-0.25, -0.2) is 4.98 Å². The van der Waals surface area contributed by atoms with Gasteiger partial charge in [0.05, 0.1) is 24.6 Å². The molecule has 0 fully saturated rings. The van der Waals surface area contributed by atoms with Crippen LogP contribution in [0, 0.1) is 0 Å². The van der Waals surface area contributed by atoms with Crippen molar-refractivity contribution in [3.05, 3.63) is 102 Å². The molecular weight excluding hydrogens is 517 g/mol. The van der Waals surface area contributed by atoms with Gasteiger partial charge in [-0.3, -0.25) is 9.78 Å². The van der Waals surface area contributed by atoms with Gasteiger partial charge >= 0.3 is 0 Å². The number of halogens is 3. The van der Waals surface area contributed by atoms with Crippen LogP contribution in [-0.4, -0.2) is 38.3 Å². The Morgan fingerprint density at radius 3 is 2.39 bits per heavy atom. The number of aromatic nitrogens is 3. The summed E-state index contributed by atoms with van der Waals surface area (Å²) in [6, 6.07) is 21.1. The highest BCUT2D eigenvalue weighted by Gasteiger charge is 2.30. The second-order valence-electron chi connectivity index (χ2n) is 8.53. The molecule has 0 spiro atoms. The Balaban J connectivity index is 0.00000152. The molecule has 1 aliphatic rings. The third kappa shape index (κ3) is 6.58. The molecule has 1 aliphatic heterocycles. The predicted molar refractivity (Wildman–Crippen MR) is 151 cm³/mol. The first-order valence-electron chi connectivity index (χ1n) is 11.2. The van der Waals surface area contributed by atoms with Crippen molar-refractivity contribution in [3.8, 4) is 11.1 Å². The van der Waals surface area contributed by atoms with E-state index >= 15 is 0 Å². The quantitative estimate of drug-likeness (QED) is 0.348. The van der Waals surface area contributed by atoms with Crippen LogP contribution in [0.25, 0.3) is 11.1 Å². The van der Waals surface area contributed by atoms with Crippen molar-refractivity contribution >= 4 is 48.8 Å². The van der Waals surface area contributed by atoms with Crippen LogP contribution in [-0.2, 0) is 24.3 Å². The smallest absolute Gasteiger partial charge is 0.220 e. The molecule has 0 saturated heterocycles. The van der Waals surface area contributed by atoms with E-state index in [9.17, 15) is 4.79 Å². The average molecular weight is 547 g/mol. The lowest BCUT2D eigenvalue weighted by Gasteiger charge is -2.32. The molecular formula is C27H30Cl3N5O. The molecule has 2 aromatic heterocycles. The number of nitrogens with one attached hydrogen (secondary N) is 1. The monoisotopic (exact) mass is 545 g/mol. The Labute approximate surface area is 230 Å². The number of carbonyl (C=O) groups excluding carboxylic acids is 1. The number of imidazole rings is 1. The van der Waals surface area contributed by atoms with E-state index in [4.69, 9.17) is 0 Å². The Hall–Kier alpha value is -3.06. The van der Waals surface area contributed by atoms with Crippen molar-refractivity contribution in [2.75, 3.05) is 11.4 Å². The highest BCUT2D eigenvalue weighted by Crippen LogP contribution is 2.33. The predicted octanol–water partition coefficient (Wildman–Crippen LogP) is 5.72. The minimum absolute atomic E-state index is 0. The minimum atomic E-state index is 0. The van der Waals surface area contributed by atoms with Crippen molar-refractivity contribution in [2.24, 2.45) is 0 Å². The van der Waals surface area contributed by atoms with Crippen LogP contribution in [0.4, 0.5) is 5.69 Å². The molecule has 0 bridgehead atoms. The largest absolute Gasteiger partial charge is 0.363 e. The normalized spacial score (nSPS) is 14.4. The van der Waals surface area contributed by atoms with E-state index in [0.29, 0.717) is 13.1 Å². The van der Waals surface area contributed by atoms with Gasteiger partial charge < -0.3 is 14.8 Å². The number of pyridine rings is 1. The number of benzene rings is 2. The summed E-state index contributed by atoms with van der Waals surface area (Å²) >= 11 is 0. The lowest BCUT2D eigenvalue weighted by molar-refractivity contribution is -0.131. The van der Waals surface area contributed by atoms with Gasteiger partial charge in [0.25, 0.3) is 0 Å². The maximum Gasteiger partial charge on any atom is 0.220 e. The van der Waals surface area contributed by atoms with Crippen LogP contribution in [0.3, 0.4) is 0 Å². The molecule has 5 rings (SSSR count). The Kier molecular flexibility index (Phi) is 10.8. The molecule has 1 N–H and O–H groups in total. The van der Waals surface area contributed by atoms with Gasteiger partial charge in [-0.15, -0.1) is 37.2 Å². The lowest BCUT2D eigenvalue weighted by atomic mass is 10.0. The van der Waals surface area contributed by atoms with Gasteiger partial charge in [0.15, 0.2) is 0 Å². The van der Waals surface area contributed by atoms with Crippen molar-refractivity contribution in [2.45, 2.75) is 32.5 Å². The van der Waals surface area contributed by atoms with Crippen LogP contribution < -0.4 is 4.90 Å². The summed E-state index contributed by atoms with van der Waals surface area (Å²) in [4.78, 5) is 28.8. The second-order valence-corrected chi connectivity index (χ2v) is 8.53. The number of carbonyl (C=O) groups is 1. The van der Waals surface area contributed by atoms with E-state index in [1.807, 2.05) is 41.7 Å². The van der Waals surface area contributed by atoms with Gasteiger partial charge in [0.2, 0.25) is 5.91 Å². The first kappa shape index (κ1) is 29.2. The fourth-order valence-electron chi connectivity index (χ4n) is 4.66. The second kappa shape index (κ2) is 13.3. The average Bonchev–Trinajstić information content (AvgIpc) is 3.30. The summed E-state index contributed by atoms with van der Waals surface area (Å²) in [6.07, 6.45) is 8.01. The summed E-state index contributed by atoms with van der Waals surface area (Å²) in [7, 11) is 0. The maximum absolute atomic E-state index is 12.8. The number of hydrogen-bond acceptors (Lipinski definition) is 4. The third-order valence-electron chi connectivity index (χ3n) is 6.28. The van der Waals surface area contributed by atoms with Crippen molar-refractivity contribution in [1.82, 2.24) is 19.9 Å². The Morgan fingerprint density at radius 2 is 1.72 bits per heavy atom. The van der Waals surface area contributed by atoms with Gasteiger partial charge in [-0.05, 0) is 52.9 Å². The molecule has 190 valence electrons. The molecule has 3 heterocycles. The van der Waals surface area contributed by atoms with E-state index in [-0.39, 0.29) is 49.2 Å². The Bertz CT molecular complexity index is 1220. The standard InChI is InChI=1S/C27H27N5O.3ClH/c1-20(33)32-16-24-14-23(22-9-11-28-12-10-22)7-8-27(24)31(17-25-15-29-19-30-25)18-26(32)13-21-5-3-2-4-6-21;;;/h2-12,14-15,19,26H,13,16-18H2,1H3,(H,29,30);3*1H. The number of amides is 1. The summed E-state index contributed by atoms with van der Waals surface area (Å²) in [5, 5.41) is 0. The first-order chi connectivity index (χ1) is 16.2. The molecule has 2 aromatic carbocycles. The van der Waals surface area contributed by atoms with Gasteiger partial charge in [-0.2, -0.15) is 0 Å². The van der Waals surface area contributed by atoms with E-state index in [1.165, 1.54) is 5.56 Å². The molecule has 0 saturated carbocycles. The zero-order valence-electron chi connectivity index (χ0n) is 19.9. The fourth-order valence-corrected chi connectivity index (χ4v) is 4.66. The summed E-state index contributed by atoms with van der Waals surface area (Å²) in [5.74, 6) is 0.0968. The van der Waals surface area contributed by atoms with Crippen LogP contribution in [0.2, 0.25) is 0 Å². The summed E-state index contributed by atoms with van der Waals surface area (Å²) < 4.78 is 0. The molecule has 0 aliphatic carbocycles. The maximum atomic E-state index is 12.8. The topological polar surface area (TPSA) is 65.1 Å². The summed E-state index contributed by atoms with van der Waals surface area (Å²) in [5.41, 5.74) is 6.83. The number of hydrogen-bond donors (Lipinski definition) is 1. The number of aromatic amines is 1. The van der Waals surface area contributed by atoms with E-state index in [0.717, 1.165) is 41.0 Å². The van der Waals surface area contributed by atoms with Crippen LogP contribution in [0.1, 0.15) is 23.7 Å². The number of rotatable bonds is 5. The Morgan fingerprint density at radius 1 is 0.972 bits per heavy atom. The highest BCUT2D eigenvalue weighted by atomic mass is 35.5. The molecule has 6 nitrogen and oxygen atoms in total. The van der Waals surface area contributed by atoms with Crippen molar-refractivity contribution < 1.29 is 4.79 Å². The van der Waals surface area contributed by atoms with E-state index in [1.54, 1.807) is 13.3 Å². The molecule has 36 heavy (non-hydrogen) atoms. The zero-order chi connectivity index (χ0) is 22.6. The molecule has 0 radical (unpaired) electrons. The van der Waals surface area contributed by atoms with E-state index in [2.05, 4.69) is 62.3 Å². The molecule has 1 atom stereocenters. The SMILES string of the molecule is CC(=O)N1Cc2cc(-c3ccncc3)ccc2N(Cc2cnc[nH]2)CC1Cc1ccccc1.Cl.Cl.Cl. The van der Waals surface area contributed by atoms with Gasteiger partial charge in [0, 0.05) is 44.3 Å². The van der Waals surface area contributed by atoms with E-state index < -0.39 is 0 Å². The van der Waals surface area contributed by atoms with Crippen molar-refractivity contribution in [1.29, 1.82) is 0 Å². The molecule has 1 amide bonds. The lowest BCUT2D eigenvalue weighted by Crippen LogP contribution is -2.44. The number of anilines is 1. The van der Waals surface area contributed by atoms with Gasteiger partial charge in [0.1, 0.15) is 0 Å². The minimum Gasteiger partial charge on any atom is -0.363 e. The summed E-state index contributed by atoms with van der Waals surface area (Å²) in [6.45, 7) is 3.71. The van der Waals surface area contributed by atoms with Crippen LogP contribution >= 0.6 is 37.2 Å². The third-order valence-corrected chi connectivity index (χ3v) is 6.28. The molecule has 4 aromatic rings. The fraction of sp³-hybridized carbons (Fsp3) is 0.222. The molecule has 1 unspecified atom stereocenters. The molecule has 9 heteroatoms. The number of nitrogens with zero attached hydrogens (tertiary/aromatic N) is 4. The zero-order valence-corrected chi connectivity index (χ0v) is 22.4. The number of H-pyrrole nitrogens is 1. The number of fused-ring (bicyclic) bond motifs is 1. The van der Waals surface area contributed by atoms with Crippen LogP contribution in [0.5, 0.6) is 0 Å². The first-order valence-corrected chi connectivity index (χ1v) is 11.2. The van der Waals surface area contributed by atoms with Crippen LogP contribution in [0.15, 0.2) is 85.6 Å².